The van der Waals surface area contributed by atoms with Gasteiger partial charge in [0.1, 0.15) is 12.4 Å². The number of nitrogens with zero attached hydrogens (tertiary/aromatic N) is 2. The molecule has 0 saturated carbocycles. The van der Waals surface area contributed by atoms with Crippen LogP contribution in [0.2, 0.25) is 0 Å². The molecule has 2 aromatic heterocycles. The van der Waals surface area contributed by atoms with E-state index < -0.39 is 0 Å². The third kappa shape index (κ3) is 4.00. The fourth-order valence-electron chi connectivity index (χ4n) is 2.51. The smallest absolute Gasteiger partial charge is 0.159 e. The molecule has 5 heteroatoms. The Hall–Kier alpha value is -2.50. The minimum atomic E-state index is 0.539. The molecule has 0 aliphatic heterocycles. The van der Waals surface area contributed by atoms with E-state index in [1.54, 1.807) is 17.5 Å². The lowest BCUT2D eigenvalue weighted by atomic mass is 10.2. The Morgan fingerprint density at radius 2 is 1.73 bits per heavy atom. The van der Waals surface area contributed by atoms with Gasteiger partial charge in [-0.15, -0.1) is 11.3 Å². The first-order valence-electron chi connectivity index (χ1n) is 8.12. The molecule has 0 bridgehead atoms. The normalized spacial score (nSPS) is 10.7. The van der Waals surface area contributed by atoms with Gasteiger partial charge >= 0.3 is 0 Å². The van der Waals surface area contributed by atoms with Gasteiger partial charge in [-0.3, -0.25) is 0 Å². The van der Waals surface area contributed by atoms with Crippen LogP contribution in [0.1, 0.15) is 5.56 Å². The van der Waals surface area contributed by atoms with Gasteiger partial charge in [0.05, 0.1) is 10.6 Å². The average molecular weight is 423 g/mol. The molecule has 0 amide bonds. The summed E-state index contributed by atoms with van der Waals surface area (Å²) in [7, 11) is 0. The molecule has 0 N–H and O–H groups in total. The third-order valence-corrected chi connectivity index (χ3v) is 5.28. The lowest BCUT2D eigenvalue weighted by Gasteiger charge is -2.08. The fraction of sp³-hybridized carbons (Fsp3) is 0.0476. The second-order valence-corrected chi connectivity index (χ2v) is 7.55. The van der Waals surface area contributed by atoms with Crippen LogP contribution in [0.15, 0.2) is 82.8 Å². The number of hydrogen-bond acceptors (Lipinski definition) is 4. The van der Waals surface area contributed by atoms with Crippen molar-refractivity contribution in [3.8, 4) is 27.7 Å². The monoisotopic (exact) mass is 422 g/mol. The van der Waals surface area contributed by atoms with Gasteiger partial charge in [0.2, 0.25) is 0 Å². The van der Waals surface area contributed by atoms with Crippen molar-refractivity contribution >= 4 is 27.3 Å². The van der Waals surface area contributed by atoms with Crippen molar-refractivity contribution in [2.75, 3.05) is 0 Å². The molecular weight excluding hydrogens is 408 g/mol. The van der Waals surface area contributed by atoms with Gasteiger partial charge in [0.25, 0.3) is 0 Å². The predicted octanol–water partition coefficient (Wildman–Crippen LogP) is 6.21. The molecule has 0 aliphatic rings. The first kappa shape index (κ1) is 16.9. The van der Waals surface area contributed by atoms with Crippen molar-refractivity contribution in [1.82, 2.24) is 9.97 Å². The quantitative estimate of drug-likeness (QED) is 0.383. The van der Waals surface area contributed by atoms with Gasteiger partial charge in [-0.05, 0) is 59.5 Å². The van der Waals surface area contributed by atoms with Crippen LogP contribution in [0.4, 0.5) is 0 Å². The molecule has 128 valence electrons. The molecule has 0 radical (unpaired) electrons. The first-order valence-corrected chi connectivity index (χ1v) is 9.80. The Morgan fingerprint density at radius 3 is 2.46 bits per heavy atom. The molecule has 0 saturated heterocycles. The third-order valence-electron chi connectivity index (χ3n) is 3.86. The summed E-state index contributed by atoms with van der Waals surface area (Å²) >= 11 is 5.11. The van der Waals surface area contributed by atoms with Crippen LogP contribution in [-0.2, 0) is 6.61 Å². The summed E-state index contributed by atoms with van der Waals surface area (Å²) in [5, 5.41) is 2.05. The average Bonchev–Trinajstić information content (AvgIpc) is 3.23. The highest BCUT2D eigenvalue weighted by Crippen LogP contribution is 2.25. The highest BCUT2D eigenvalue weighted by atomic mass is 79.9. The van der Waals surface area contributed by atoms with Crippen LogP contribution < -0.4 is 4.74 Å². The largest absolute Gasteiger partial charge is 0.489 e. The topological polar surface area (TPSA) is 35.0 Å². The molecule has 0 atom stereocenters. The number of aromatic nitrogens is 2. The van der Waals surface area contributed by atoms with E-state index in [1.807, 2.05) is 60.7 Å². The minimum absolute atomic E-state index is 0.539. The molecule has 26 heavy (non-hydrogen) atoms. The predicted molar refractivity (Wildman–Crippen MR) is 109 cm³/mol. The second kappa shape index (κ2) is 7.81. The highest BCUT2D eigenvalue weighted by Gasteiger charge is 2.06. The lowest BCUT2D eigenvalue weighted by Crippen LogP contribution is -1.95. The molecule has 2 heterocycles. The summed E-state index contributed by atoms with van der Waals surface area (Å²) < 4.78 is 6.92. The van der Waals surface area contributed by atoms with Crippen molar-refractivity contribution in [3.05, 3.63) is 88.3 Å². The Kier molecular flexibility index (Phi) is 5.09. The molecule has 0 spiro atoms. The van der Waals surface area contributed by atoms with E-state index in [-0.39, 0.29) is 0 Å². The van der Waals surface area contributed by atoms with Crippen LogP contribution in [0, 0.1) is 0 Å². The van der Waals surface area contributed by atoms with Crippen molar-refractivity contribution in [1.29, 1.82) is 0 Å². The summed E-state index contributed by atoms with van der Waals surface area (Å²) in [6, 6.07) is 22.0. The minimum Gasteiger partial charge on any atom is -0.489 e. The summed E-state index contributed by atoms with van der Waals surface area (Å²) in [4.78, 5) is 10.2. The van der Waals surface area contributed by atoms with E-state index in [1.165, 1.54) is 0 Å². The van der Waals surface area contributed by atoms with Gasteiger partial charge in [0.15, 0.2) is 5.82 Å². The first-order chi connectivity index (χ1) is 12.8. The summed E-state index contributed by atoms with van der Waals surface area (Å²) in [6.45, 7) is 0.539. The summed E-state index contributed by atoms with van der Waals surface area (Å²) in [5.74, 6) is 1.54. The maximum absolute atomic E-state index is 5.85. The fourth-order valence-corrected chi connectivity index (χ4v) is 3.47. The molecule has 4 rings (SSSR count). The van der Waals surface area contributed by atoms with Crippen molar-refractivity contribution in [3.63, 3.8) is 0 Å². The Bertz CT molecular complexity index is 983. The van der Waals surface area contributed by atoms with E-state index in [4.69, 9.17) is 4.74 Å². The van der Waals surface area contributed by atoms with E-state index in [2.05, 4.69) is 37.3 Å². The summed E-state index contributed by atoms with van der Waals surface area (Å²) in [5.41, 5.74) is 3.05. The van der Waals surface area contributed by atoms with Gasteiger partial charge in [0, 0.05) is 16.2 Å². The number of benzene rings is 2. The van der Waals surface area contributed by atoms with Crippen molar-refractivity contribution in [2.45, 2.75) is 6.61 Å². The van der Waals surface area contributed by atoms with Gasteiger partial charge < -0.3 is 4.74 Å². The number of halogens is 1. The zero-order valence-corrected chi connectivity index (χ0v) is 16.2. The highest BCUT2D eigenvalue weighted by molar-refractivity contribution is 9.10. The Morgan fingerprint density at radius 1 is 0.923 bits per heavy atom. The number of rotatable bonds is 5. The van der Waals surface area contributed by atoms with Crippen LogP contribution >= 0.6 is 27.3 Å². The van der Waals surface area contributed by atoms with Gasteiger partial charge in [-0.25, -0.2) is 9.97 Å². The van der Waals surface area contributed by atoms with Crippen LogP contribution in [0.5, 0.6) is 5.75 Å². The zero-order valence-electron chi connectivity index (χ0n) is 13.8. The molecule has 0 unspecified atom stereocenters. The molecule has 0 aliphatic carbocycles. The van der Waals surface area contributed by atoms with E-state index in [0.717, 1.165) is 37.7 Å². The van der Waals surface area contributed by atoms with Crippen LogP contribution in [0.25, 0.3) is 22.0 Å². The summed E-state index contributed by atoms with van der Waals surface area (Å²) in [6.07, 6.45) is 1.80. The number of ether oxygens (including phenoxy) is 1. The van der Waals surface area contributed by atoms with E-state index >= 15 is 0 Å². The molecule has 2 aromatic carbocycles. The van der Waals surface area contributed by atoms with Crippen molar-refractivity contribution < 1.29 is 4.74 Å². The maximum Gasteiger partial charge on any atom is 0.159 e. The molecule has 4 aromatic rings. The second-order valence-electron chi connectivity index (χ2n) is 5.68. The molecule has 0 fully saturated rings. The SMILES string of the molecule is Brc1ccc(COc2ccc(-c3nccc(-c4cccs4)n3)cc2)cc1. The van der Waals surface area contributed by atoms with Crippen LogP contribution in [-0.4, -0.2) is 9.97 Å². The number of hydrogen-bond donors (Lipinski definition) is 0. The van der Waals surface area contributed by atoms with Gasteiger partial charge in [-0.2, -0.15) is 0 Å². The molecular formula is C21H15BrN2OS. The van der Waals surface area contributed by atoms with Gasteiger partial charge in [-0.1, -0.05) is 34.1 Å². The maximum atomic E-state index is 5.85. The number of thiophene rings is 1. The standard InChI is InChI=1S/C21H15BrN2OS/c22-17-7-3-15(4-8-17)14-25-18-9-5-16(6-10-18)21-23-12-11-19(24-21)20-2-1-13-26-20/h1-13H,14H2. The van der Waals surface area contributed by atoms with E-state index in [9.17, 15) is 0 Å². The van der Waals surface area contributed by atoms with Crippen LogP contribution in [0.3, 0.4) is 0 Å². The van der Waals surface area contributed by atoms with Crippen molar-refractivity contribution in [2.24, 2.45) is 0 Å². The lowest BCUT2D eigenvalue weighted by molar-refractivity contribution is 0.306. The Labute approximate surface area is 164 Å². The van der Waals surface area contributed by atoms with E-state index in [0.29, 0.717) is 6.61 Å². The Balaban J connectivity index is 1.47. The zero-order chi connectivity index (χ0) is 17.8. The molecule has 3 nitrogen and oxygen atoms in total.